The van der Waals surface area contributed by atoms with Gasteiger partial charge in [0.15, 0.2) is 0 Å². The molecular weight excluding hydrogens is 214 g/mol. The quantitative estimate of drug-likeness (QED) is 0.844. The predicted octanol–water partition coefficient (Wildman–Crippen LogP) is 0.974. The van der Waals surface area contributed by atoms with Gasteiger partial charge in [-0.15, -0.1) is 0 Å². The van der Waals surface area contributed by atoms with Gasteiger partial charge in [0.1, 0.15) is 5.82 Å². The fraction of sp³-hybridized carbons (Fsp3) is 0.615. The van der Waals surface area contributed by atoms with Crippen molar-refractivity contribution in [2.45, 2.75) is 19.4 Å². The van der Waals surface area contributed by atoms with Crippen molar-refractivity contribution >= 4 is 5.82 Å². The van der Waals surface area contributed by atoms with E-state index in [9.17, 15) is 5.11 Å². The molecule has 1 fully saturated rings. The second kappa shape index (κ2) is 5.98. The number of pyridine rings is 1. The highest BCUT2D eigenvalue weighted by molar-refractivity contribution is 5.38. The standard InChI is InChI=1S/C13H21N3O/c1-2-12(11-17)15-7-9-16(10-8-15)13-5-3-4-6-14-13/h3-6,12,17H,2,7-11H2,1H3. The van der Waals surface area contributed by atoms with Crippen LogP contribution in [0.1, 0.15) is 13.3 Å². The third kappa shape index (κ3) is 2.96. The van der Waals surface area contributed by atoms with Gasteiger partial charge in [-0.05, 0) is 18.6 Å². The number of hydrogen-bond donors (Lipinski definition) is 1. The van der Waals surface area contributed by atoms with Crippen LogP contribution in [0, 0.1) is 0 Å². The van der Waals surface area contributed by atoms with Gasteiger partial charge in [0.05, 0.1) is 6.61 Å². The maximum absolute atomic E-state index is 9.29. The molecule has 0 aromatic carbocycles. The zero-order valence-corrected chi connectivity index (χ0v) is 10.4. The largest absolute Gasteiger partial charge is 0.395 e. The van der Waals surface area contributed by atoms with Gasteiger partial charge in [0.25, 0.3) is 0 Å². The molecule has 0 aliphatic carbocycles. The van der Waals surface area contributed by atoms with E-state index in [-0.39, 0.29) is 6.61 Å². The Morgan fingerprint density at radius 3 is 2.59 bits per heavy atom. The van der Waals surface area contributed by atoms with Crippen LogP contribution in [0.25, 0.3) is 0 Å². The molecule has 0 saturated carbocycles. The molecule has 2 rings (SSSR count). The van der Waals surface area contributed by atoms with Gasteiger partial charge in [-0.2, -0.15) is 0 Å². The first kappa shape index (κ1) is 12.3. The highest BCUT2D eigenvalue weighted by atomic mass is 16.3. The van der Waals surface area contributed by atoms with Crippen molar-refractivity contribution in [2.75, 3.05) is 37.7 Å². The van der Waals surface area contributed by atoms with Crippen molar-refractivity contribution in [3.05, 3.63) is 24.4 Å². The molecule has 1 aliphatic rings. The molecular formula is C13H21N3O. The zero-order valence-electron chi connectivity index (χ0n) is 10.4. The summed E-state index contributed by atoms with van der Waals surface area (Å²) in [5, 5.41) is 9.29. The summed E-state index contributed by atoms with van der Waals surface area (Å²) >= 11 is 0. The van der Waals surface area contributed by atoms with E-state index in [0.29, 0.717) is 6.04 Å². The van der Waals surface area contributed by atoms with Gasteiger partial charge in [0.2, 0.25) is 0 Å². The van der Waals surface area contributed by atoms with Gasteiger partial charge < -0.3 is 10.0 Å². The highest BCUT2D eigenvalue weighted by Gasteiger charge is 2.22. The Morgan fingerprint density at radius 2 is 2.06 bits per heavy atom. The molecule has 1 atom stereocenters. The average molecular weight is 235 g/mol. The maximum atomic E-state index is 9.29. The molecule has 1 aromatic heterocycles. The predicted molar refractivity (Wildman–Crippen MR) is 69.2 cm³/mol. The zero-order chi connectivity index (χ0) is 12.1. The van der Waals surface area contributed by atoms with Gasteiger partial charge >= 0.3 is 0 Å². The fourth-order valence-corrected chi connectivity index (χ4v) is 2.36. The van der Waals surface area contributed by atoms with Crippen molar-refractivity contribution in [3.8, 4) is 0 Å². The molecule has 1 aliphatic heterocycles. The lowest BCUT2D eigenvalue weighted by Gasteiger charge is -2.38. The Labute approximate surface area is 103 Å². The Kier molecular flexibility index (Phi) is 4.34. The van der Waals surface area contributed by atoms with Crippen LogP contribution in [-0.2, 0) is 0 Å². The lowest BCUT2D eigenvalue weighted by Crippen LogP contribution is -2.51. The van der Waals surface area contributed by atoms with Gasteiger partial charge in [-0.1, -0.05) is 13.0 Å². The minimum atomic E-state index is 0.264. The molecule has 2 heterocycles. The van der Waals surface area contributed by atoms with E-state index in [2.05, 4.69) is 27.8 Å². The minimum absolute atomic E-state index is 0.264. The van der Waals surface area contributed by atoms with Crippen molar-refractivity contribution < 1.29 is 5.11 Å². The van der Waals surface area contributed by atoms with Gasteiger partial charge in [0, 0.05) is 38.4 Å². The van der Waals surface area contributed by atoms with E-state index in [4.69, 9.17) is 0 Å². The lowest BCUT2D eigenvalue weighted by molar-refractivity contribution is 0.114. The first-order valence-corrected chi connectivity index (χ1v) is 6.36. The number of piperazine rings is 1. The molecule has 0 spiro atoms. The number of aliphatic hydroxyl groups is 1. The first-order valence-electron chi connectivity index (χ1n) is 6.36. The number of anilines is 1. The van der Waals surface area contributed by atoms with Gasteiger partial charge in [-0.3, -0.25) is 4.90 Å². The van der Waals surface area contributed by atoms with Crippen molar-refractivity contribution in [1.82, 2.24) is 9.88 Å². The van der Waals surface area contributed by atoms with E-state index < -0.39 is 0 Å². The second-order valence-electron chi connectivity index (χ2n) is 4.46. The number of rotatable bonds is 4. The molecule has 17 heavy (non-hydrogen) atoms. The Hall–Kier alpha value is -1.13. The summed E-state index contributed by atoms with van der Waals surface area (Å²) < 4.78 is 0. The Morgan fingerprint density at radius 1 is 1.29 bits per heavy atom. The summed E-state index contributed by atoms with van der Waals surface area (Å²) in [6, 6.07) is 6.34. The molecule has 0 amide bonds. The number of hydrogen-bond acceptors (Lipinski definition) is 4. The summed E-state index contributed by atoms with van der Waals surface area (Å²) in [5.41, 5.74) is 0. The van der Waals surface area contributed by atoms with Crippen molar-refractivity contribution in [3.63, 3.8) is 0 Å². The Balaban J connectivity index is 1.90. The van der Waals surface area contributed by atoms with E-state index in [1.54, 1.807) is 0 Å². The van der Waals surface area contributed by atoms with E-state index in [1.807, 2.05) is 18.3 Å². The third-order valence-electron chi connectivity index (χ3n) is 3.49. The van der Waals surface area contributed by atoms with E-state index in [0.717, 1.165) is 38.4 Å². The summed E-state index contributed by atoms with van der Waals surface area (Å²) in [5.74, 6) is 1.06. The average Bonchev–Trinajstić information content (AvgIpc) is 2.42. The van der Waals surface area contributed by atoms with Crippen molar-refractivity contribution in [2.24, 2.45) is 0 Å². The SMILES string of the molecule is CCC(CO)N1CCN(c2ccccn2)CC1. The molecule has 1 N–H and O–H groups in total. The van der Waals surface area contributed by atoms with Crippen LogP contribution in [0.15, 0.2) is 24.4 Å². The molecule has 4 nitrogen and oxygen atoms in total. The van der Waals surface area contributed by atoms with Crippen LogP contribution in [0.3, 0.4) is 0 Å². The topological polar surface area (TPSA) is 39.6 Å². The lowest BCUT2D eigenvalue weighted by atomic mass is 10.1. The van der Waals surface area contributed by atoms with Crippen LogP contribution < -0.4 is 4.90 Å². The summed E-state index contributed by atoms with van der Waals surface area (Å²) in [4.78, 5) is 9.05. The summed E-state index contributed by atoms with van der Waals surface area (Å²) in [6.45, 7) is 6.40. The van der Waals surface area contributed by atoms with E-state index >= 15 is 0 Å². The smallest absolute Gasteiger partial charge is 0.128 e. The molecule has 1 unspecified atom stereocenters. The minimum Gasteiger partial charge on any atom is -0.395 e. The van der Waals surface area contributed by atoms with Crippen molar-refractivity contribution in [1.29, 1.82) is 0 Å². The molecule has 4 heteroatoms. The number of aliphatic hydroxyl groups excluding tert-OH is 1. The number of nitrogens with zero attached hydrogens (tertiary/aromatic N) is 3. The van der Waals surface area contributed by atoms with Crippen LogP contribution >= 0.6 is 0 Å². The molecule has 1 aromatic rings. The van der Waals surface area contributed by atoms with Crippen LogP contribution in [0.4, 0.5) is 5.82 Å². The monoisotopic (exact) mass is 235 g/mol. The second-order valence-corrected chi connectivity index (χ2v) is 4.46. The molecule has 0 bridgehead atoms. The van der Waals surface area contributed by atoms with E-state index in [1.165, 1.54) is 0 Å². The normalized spacial score (nSPS) is 19.3. The summed E-state index contributed by atoms with van der Waals surface area (Å²) in [6.07, 6.45) is 2.85. The Bertz CT molecular complexity index is 319. The summed E-state index contributed by atoms with van der Waals surface area (Å²) in [7, 11) is 0. The van der Waals surface area contributed by atoms with Crippen LogP contribution in [-0.4, -0.2) is 53.8 Å². The fourth-order valence-electron chi connectivity index (χ4n) is 2.36. The molecule has 1 saturated heterocycles. The molecule has 94 valence electrons. The van der Waals surface area contributed by atoms with Crippen LogP contribution in [0.2, 0.25) is 0 Å². The highest BCUT2D eigenvalue weighted by Crippen LogP contribution is 2.14. The molecule has 0 radical (unpaired) electrons. The third-order valence-corrected chi connectivity index (χ3v) is 3.49. The first-order chi connectivity index (χ1) is 8.35. The number of aromatic nitrogens is 1. The van der Waals surface area contributed by atoms with Crippen LogP contribution in [0.5, 0.6) is 0 Å². The van der Waals surface area contributed by atoms with Gasteiger partial charge in [-0.25, -0.2) is 4.98 Å². The maximum Gasteiger partial charge on any atom is 0.128 e.